The van der Waals surface area contributed by atoms with Crippen LogP contribution in [0.4, 0.5) is 0 Å². The van der Waals surface area contributed by atoms with Crippen LogP contribution in [0.25, 0.3) is 11.1 Å². The summed E-state index contributed by atoms with van der Waals surface area (Å²) in [6, 6.07) is 18.6. The fraction of sp³-hybridized carbons (Fsp3) is 0.400. The molecule has 0 saturated heterocycles. The molecule has 0 aliphatic heterocycles. The predicted molar refractivity (Wildman–Crippen MR) is 92.3 cm³/mol. The lowest BCUT2D eigenvalue weighted by molar-refractivity contribution is 0.0971. The standard InChI is InChI=1S/C20H26O2/c1-2-3-4-8-15-21-16-17-22-20-13-11-19(12-14-20)18-9-6-5-7-10-18/h5-7,9-14H,2-4,8,15-17H2,1H3. The first-order valence-electron chi connectivity index (χ1n) is 8.26. The van der Waals surface area contributed by atoms with Crippen molar-refractivity contribution in [1.82, 2.24) is 0 Å². The van der Waals surface area contributed by atoms with Crippen molar-refractivity contribution in [3.8, 4) is 16.9 Å². The van der Waals surface area contributed by atoms with Crippen molar-refractivity contribution in [2.24, 2.45) is 0 Å². The Labute approximate surface area is 134 Å². The van der Waals surface area contributed by atoms with Crippen LogP contribution < -0.4 is 4.74 Å². The van der Waals surface area contributed by atoms with E-state index in [1.807, 2.05) is 18.2 Å². The van der Waals surface area contributed by atoms with Gasteiger partial charge in [-0.3, -0.25) is 0 Å². The highest BCUT2D eigenvalue weighted by atomic mass is 16.5. The SMILES string of the molecule is CCCCCCOCCOc1ccc(-c2ccccc2)cc1. The summed E-state index contributed by atoms with van der Waals surface area (Å²) in [5.74, 6) is 0.897. The van der Waals surface area contributed by atoms with Crippen LogP contribution in [0.2, 0.25) is 0 Å². The maximum absolute atomic E-state index is 5.70. The van der Waals surface area contributed by atoms with Gasteiger partial charge in [-0.25, -0.2) is 0 Å². The molecule has 0 unspecified atom stereocenters. The van der Waals surface area contributed by atoms with Crippen molar-refractivity contribution in [2.45, 2.75) is 32.6 Å². The maximum Gasteiger partial charge on any atom is 0.119 e. The van der Waals surface area contributed by atoms with Crippen molar-refractivity contribution < 1.29 is 9.47 Å². The van der Waals surface area contributed by atoms with Gasteiger partial charge in [-0.15, -0.1) is 0 Å². The Morgan fingerprint density at radius 3 is 2.14 bits per heavy atom. The molecule has 0 radical (unpaired) electrons. The summed E-state index contributed by atoms with van der Waals surface area (Å²) in [6.45, 7) is 4.33. The zero-order valence-corrected chi connectivity index (χ0v) is 13.5. The van der Waals surface area contributed by atoms with Gasteiger partial charge in [0.2, 0.25) is 0 Å². The molecule has 0 bridgehead atoms. The quantitative estimate of drug-likeness (QED) is 0.552. The summed E-state index contributed by atoms with van der Waals surface area (Å²) in [4.78, 5) is 0. The van der Waals surface area contributed by atoms with E-state index in [0.29, 0.717) is 13.2 Å². The number of ether oxygens (including phenoxy) is 2. The zero-order valence-electron chi connectivity index (χ0n) is 13.5. The fourth-order valence-corrected chi connectivity index (χ4v) is 2.33. The Balaban J connectivity index is 1.65. The summed E-state index contributed by atoms with van der Waals surface area (Å²) in [5, 5.41) is 0. The first-order valence-corrected chi connectivity index (χ1v) is 8.26. The number of benzene rings is 2. The van der Waals surface area contributed by atoms with Crippen LogP contribution in [-0.4, -0.2) is 19.8 Å². The third kappa shape index (κ3) is 5.90. The molecule has 0 saturated carbocycles. The number of hydrogen-bond acceptors (Lipinski definition) is 2. The minimum absolute atomic E-state index is 0.610. The molecule has 0 heterocycles. The molecule has 118 valence electrons. The lowest BCUT2D eigenvalue weighted by Gasteiger charge is -2.08. The molecular weight excluding hydrogens is 272 g/mol. The van der Waals surface area contributed by atoms with E-state index in [9.17, 15) is 0 Å². The average Bonchev–Trinajstić information content (AvgIpc) is 2.59. The van der Waals surface area contributed by atoms with Gasteiger partial charge in [-0.2, -0.15) is 0 Å². The number of unbranched alkanes of at least 4 members (excludes halogenated alkanes) is 3. The van der Waals surface area contributed by atoms with Gasteiger partial charge in [0.25, 0.3) is 0 Å². The maximum atomic E-state index is 5.70. The summed E-state index contributed by atoms with van der Waals surface area (Å²) in [7, 11) is 0. The Morgan fingerprint density at radius 2 is 1.41 bits per heavy atom. The molecule has 0 aliphatic rings. The highest BCUT2D eigenvalue weighted by Crippen LogP contribution is 2.21. The van der Waals surface area contributed by atoms with Gasteiger partial charge in [0, 0.05) is 6.61 Å². The Hall–Kier alpha value is -1.80. The van der Waals surface area contributed by atoms with Gasteiger partial charge < -0.3 is 9.47 Å². The van der Waals surface area contributed by atoms with E-state index in [0.717, 1.165) is 18.8 Å². The lowest BCUT2D eigenvalue weighted by Crippen LogP contribution is -2.07. The molecule has 2 rings (SSSR count). The van der Waals surface area contributed by atoms with Gasteiger partial charge in [-0.05, 0) is 29.7 Å². The summed E-state index contributed by atoms with van der Waals surface area (Å²) >= 11 is 0. The molecule has 0 aliphatic carbocycles. The number of hydrogen-bond donors (Lipinski definition) is 0. The number of rotatable bonds is 10. The third-order valence-corrected chi connectivity index (χ3v) is 3.60. The molecular formula is C20H26O2. The second-order valence-electron chi connectivity index (χ2n) is 5.41. The lowest BCUT2D eigenvalue weighted by atomic mass is 10.1. The molecule has 2 nitrogen and oxygen atoms in total. The van der Waals surface area contributed by atoms with E-state index in [1.165, 1.54) is 30.4 Å². The van der Waals surface area contributed by atoms with Gasteiger partial charge >= 0.3 is 0 Å². The summed E-state index contributed by atoms with van der Waals surface area (Å²) in [6.07, 6.45) is 4.98. The van der Waals surface area contributed by atoms with Gasteiger partial charge in [0.05, 0.1) is 6.61 Å². The molecule has 0 spiro atoms. The largest absolute Gasteiger partial charge is 0.491 e. The highest BCUT2D eigenvalue weighted by molar-refractivity contribution is 5.63. The van der Waals surface area contributed by atoms with E-state index < -0.39 is 0 Å². The molecule has 0 atom stereocenters. The van der Waals surface area contributed by atoms with Gasteiger partial charge in [-0.1, -0.05) is 68.7 Å². The van der Waals surface area contributed by atoms with Crippen molar-refractivity contribution >= 4 is 0 Å². The highest BCUT2D eigenvalue weighted by Gasteiger charge is 1.98. The van der Waals surface area contributed by atoms with Crippen molar-refractivity contribution in [3.05, 3.63) is 54.6 Å². The third-order valence-electron chi connectivity index (χ3n) is 3.60. The van der Waals surface area contributed by atoms with Crippen LogP contribution in [0.3, 0.4) is 0 Å². The van der Waals surface area contributed by atoms with Crippen LogP contribution in [0.1, 0.15) is 32.6 Å². The normalized spacial score (nSPS) is 10.6. The molecule has 2 aromatic carbocycles. The van der Waals surface area contributed by atoms with E-state index >= 15 is 0 Å². The average molecular weight is 298 g/mol. The van der Waals surface area contributed by atoms with E-state index in [-0.39, 0.29) is 0 Å². The van der Waals surface area contributed by atoms with Crippen LogP contribution in [0.15, 0.2) is 54.6 Å². The Morgan fingerprint density at radius 1 is 0.682 bits per heavy atom. The molecule has 0 amide bonds. The first kappa shape index (κ1) is 16.6. The fourth-order valence-electron chi connectivity index (χ4n) is 2.33. The summed E-state index contributed by atoms with van der Waals surface area (Å²) in [5.41, 5.74) is 2.43. The minimum atomic E-state index is 0.610. The second-order valence-corrected chi connectivity index (χ2v) is 5.41. The Kier molecular flexibility index (Phi) is 7.54. The molecule has 2 heteroatoms. The van der Waals surface area contributed by atoms with Crippen LogP contribution in [0.5, 0.6) is 5.75 Å². The molecule has 0 fully saturated rings. The monoisotopic (exact) mass is 298 g/mol. The molecule has 0 N–H and O–H groups in total. The predicted octanol–water partition coefficient (Wildman–Crippen LogP) is 5.33. The van der Waals surface area contributed by atoms with E-state index in [2.05, 4.69) is 43.3 Å². The second kappa shape index (κ2) is 10.0. The van der Waals surface area contributed by atoms with Crippen molar-refractivity contribution in [2.75, 3.05) is 19.8 Å². The van der Waals surface area contributed by atoms with Crippen LogP contribution in [-0.2, 0) is 4.74 Å². The Bertz CT molecular complexity index is 505. The van der Waals surface area contributed by atoms with Crippen molar-refractivity contribution in [1.29, 1.82) is 0 Å². The minimum Gasteiger partial charge on any atom is -0.491 e. The van der Waals surface area contributed by atoms with Crippen LogP contribution >= 0.6 is 0 Å². The van der Waals surface area contributed by atoms with Gasteiger partial charge in [0.15, 0.2) is 0 Å². The van der Waals surface area contributed by atoms with Crippen molar-refractivity contribution in [3.63, 3.8) is 0 Å². The van der Waals surface area contributed by atoms with Gasteiger partial charge in [0.1, 0.15) is 12.4 Å². The zero-order chi connectivity index (χ0) is 15.5. The van der Waals surface area contributed by atoms with E-state index in [4.69, 9.17) is 9.47 Å². The van der Waals surface area contributed by atoms with Crippen LogP contribution in [0, 0.1) is 0 Å². The topological polar surface area (TPSA) is 18.5 Å². The van der Waals surface area contributed by atoms with E-state index in [1.54, 1.807) is 0 Å². The molecule has 0 aromatic heterocycles. The summed E-state index contributed by atoms with van der Waals surface area (Å²) < 4.78 is 11.3. The smallest absolute Gasteiger partial charge is 0.119 e. The first-order chi connectivity index (χ1) is 10.9. The molecule has 22 heavy (non-hydrogen) atoms. The molecule has 2 aromatic rings.